The van der Waals surface area contributed by atoms with Crippen molar-refractivity contribution in [2.75, 3.05) is 5.32 Å². The van der Waals surface area contributed by atoms with Gasteiger partial charge in [-0.25, -0.2) is 0 Å². The fourth-order valence-corrected chi connectivity index (χ4v) is 2.12. The summed E-state index contributed by atoms with van der Waals surface area (Å²) in [5.74, 6) is 0.300. The molecule has 1 fully saturated rings. The van der Waals surface area contributed by atoms with Crippen LogP contribution in [0, 0.1) is 10.1 Å². The Morgan fingerprint density at radius 1 is 1.47 bits per heavy atom. The molecule has 6 heteroatoms. The van der Waals surface area contributed by atoms with E-state index in [1.54, 1.807) is 12.1 Å². The van der Waals surface area contributed by atoms with Crippen molar-refractivity contribution < 1.29 is 9.66 Å². The molecule has 2 rings (SSSR count). The van der Waals surface area contributed by atoms with E-state index in [9.17, 15) is 10.1 Å². The number of anilines is 1. The van der Waals surface area contributed by atoms with E-state index in [0.717, 1.165) is 18.5 Å². The van der Waals surface area contributed by atoms with Crippen LogP contribution in [0.5, 0.6) is 5.75 Å². The molecule has 0 aliphatic heterocycles. The molecule has 0 heterocycles. The molecule has 3 N–H and O–H groups in total. The molecule has 0 amide bonds. The van der Waals surface area contributed by atoms with Crippen molar-refractivity contribution in [2.45, 2.75) is 44.9 Å². The highest BCUT2D eigenvalue weighted by Gasteiger charge is 2.26. The van der Waals surface area contributed by atoms with E-state index in [0.29, 0.717) is 11.8 Å². The molecule has 0 aromatic heterocycles. The second-order valence-electron chi connectivity index (χ2n) is 5.18. The summed E-state index contributed by atoms with van der Waals surface area (Å²) in [4.78, 5) is 10.5. The van der Waals surface area contributed by atoms with Crippen LogP contribution >= 0.6 is 0 Å². The minimum Gasteiger partial charge on any atom is -0.484 e. The summed E-state index contributed by atoms with van der Waals surface area (Å²) in [5, 5.41) is 14.2. The van der Waals surface area contributed by atoms with Gasteiger partial charge in [0, 0.05) is 29.9 Å². The number of hydrogen-bond donors (Lipinski definition) is 2. The molecule has 1 aliphatic rings. The standard InChI is InChI=1S/C13H19N3O3/c1-8(2)19-13-7-10(3-4-12(13)16(17)18)15-11-5-9(14)6-11/h3-4,7-9,11,15H,5-6,14H2,1-2H3. The van der Waals surface area contributed by atoms with Crippen LogP contribution in [0.3, 0.4) is 0 Å². The number of rotatable bonds is 5. The zero-order chi connectivity index (χ0) is 14.0. The summed E-state index contributed by atoms with van der Waals surface area (Å²) in [5.41, 5.74) is 6.55. The Bertz CT molecular complexity index is 470. The first-order valence-corrected chi connectivity index (χ1v) is 6.43. The Hall–Kier alpha value is -1.82. The van der Waals surface area contributed by atoms with E-state index in [-0.39, 0.29) is 17.8 Å². The monoisotopic (exact) mass is 265 g/mol. The molecule has 104 valence electrons. The smallest absolute Gasteiger partial charge is 0.311 e. The van der Waals surface area contributed by atoms with Crippen LogP contribution in [0.1, 0.15) is 26.7 Å². The fourth-order valence-electron chi connectivity index (χ4n) is 2.12. The molecule has 0 bridgehead atoms. The molecular weight excluding hydrogens is 246 g/mol. The fraction of sp³-hybridized carbons (Fsp3) is 0.538. The lowest BCUT2D eigenvalue weighted by molar-refractivity contribution is -0.386. The van der Waals surface area contributed by atoms with E-state index in [1.165, 1.54) is 6.07 Å². The number of hydrogen-bond acceptors (Lipinski definition) is 5. The highest BCUT2D eigenvalue weighted by atomic mass is 16.6. The van der Waals surface area contributed by atoms with Crippen LogP contribution in [-0.4, -0.2) is 23.1 Å². The van der Waals surface area contributed by atoms with Crippen molar-refractivity contribution in [3.05, 3.63) is 28.3 Å². The third-order valence-electron chi connectivity index (χ3n) is 3.06. The molecule has 1 aliphatic carbocycles. The van der Waals surface area contributed by atoms with Crippen molar-refractivity contribution in [3.63, 3.8) is 0 Å². The molecule has 0 atom stereocenters. The lowest BCUT2D eigenvalue weighted by Crippen LogP contribution is -2.44. The van der Waals surface area contributed by atoms with Crippen LogP contribution in [-0.2, 0) is 0 Å². The largest absolute Gasteiger partial charge is 0.484 e. The maximum absolute atomic E-state index is 10.9. The third kappa shape index (κ3) is 3.35. The highest BCUT2D eigenvalue weighted by molar-refractivity contribution is 5.58. The molecule has 0 saturated heterocycles. The van der Waals surface area contributed by atoms with Gasteiger partial charge in [0.05, 0.1) is 11.0 Å². The number of nitro benzene ring substituents is 1. The van der Waals surface area contributed by atoms with Gasteiger partial charge >= 0.3 is 5.69 Å². The Morgan fingerprint density at radius 3 is 2.68 bits per heavy atom. The van der Waals surface area contributed by atoms with Gasteiger partial charge in [0.25, 0.3) is 0 Å². The average molecular weight is 265 g/mol. The molecule has 0 unspecified atom stereocenters. The number of nitrogens with zero attached hydrogens (tertiary/aromatic N) is 1. The normalized spacial score (nSPS) is 21.9. The first-order chi connectivity index (χ1) is 8.95. The van der Waals surface area contributed by atoms with Gasteiger partial charge in [-0.15, -0.1) is 0 Å². The maximum Gasteiger partial charge on any atom is 0.311 e. The summed E-state index contributed by atoms with van der Waals surface area (Å²) < 4.78 is 5.50. The van der Waals surface area contributed by atoms with Gasteiger partial charge in [-0.1, -0.05) is 0 Å². The maximum atomic E-state index is 10.9. The van der Waals surface area contributed by atoms with E-state index in [2.05, 4.69) is 5.32 Å². The van der Waals surface area contributed by atoms with Crippen molar-refractivity contribution in [3.8, 4) is 5.75 Å². The minimum absolute atomic E-state index is 0.00967. The predicted octanol–water partition coefficient (Wildman–Crippen LogP) is 2.28. The SMILES string of the molecule is CC(C)Oc1cc(NC2CC(N)C2)ccc1[N+](=O)[O-]. The third-order valence-corrected chi connectivity index (χ3v) is 3.06. The molecule has 19 heavy (non-hydrogen) atoms. The second-order valence-corrected chi connectivity index (χ2v) is 5.18. The van der Waals surface area contributed by atoms with E-state index in [1.807, 2.05) is 13.8 Å². The van der Waals surface area contributed by atoms with Gasteiger partial charge in [0.15, 0.2) is 5.75 Å². The minimum atomic E-state index is -0.430. The Morgan fingerprint density at radius 2 is 2.16 bits per heavy atom. The summed E-state index contributed by atoms with van der Waals surface area (Å²) in [6.07, 6.45) is 1.75. The van der Waals surface area contributed by atoms with Crippen molar-refractivity contribution in [1.29, 1.82) is 0 Å². The van der Waals surface area contributed by atoms with Crippen LogP contribution in [0.15, 0.2) is 18.2 Å². The predicted molar refractivity (Wildman–Crippen MR) is 73.5 cm³/mol. The van der Waals surface area contributed by atoms with Crippen molar-refractivity contribution in [1.82, 2.24) is 0 Å². The van der Waals surface area contributed by atoms with E-state index in [4.69, 9.17) is 10.5 Å². The quantitative estimate of drug-likeness (QED) is 0.629. The molecule has 1 aromatic rings. The second kappa shape index (κ2) is 5.44. The van der Waals surface area contributed by atoms with E-state index < -0.39 is 4.92 Å². The lowest BCUT2D eigenvalue weighted by Gasteiger charge is -2.33. The van der Waals surface area contributed by atoms with Crippen LogP contribution in [0.25, 0.3) is 0 Å². The number of nitrogens with two attached hydrogens (primary N) is 1. The van der Waals surface area contributed by atoms with Crippen molar-refractivity contribution in [2.24, 2.45) is 5.73 Å². The summed E-state index contributed by atoms with van der Waals surface area (Å²) >= 11 is 0. The van der Waals surface area contributed by atoms with Gasteiger partial charge in [0.2, 0.25) is 0 Å². The first kappa shape index (κ1) is 13.6. The molecular formula is C13H19N3O3. The molecule has 6 nitrogen and oxygen atoms in total. The van der Waals surface area contributed by atoms with E-state index >= 15 is 0 Å². The van der Waals surface area contributed by atoms with Gasteiger partial charge in [-0.05, 0) is 32.8 Å². The van der Waals surface area contributed by atoms with Crippen molar-refractivity contribution >= 4 is 11.4 Å². The van der Waals surface area contributed by atoms with Gasteiger partial charge in [0.1, 0.15) is 0 Å². The number of nitrogens with one attached hydrogen (secondary N) is 1. The molecule has 0 radical (unpaired) electrons. The Balaban J connectivity index is 2.14. The molecule has 1 saturated carbocycles. The molecule has 1 aromatic carbocycles. The number of ether oxygens (including phenoxy) is 1. The van der Waals surface area contributed by atoms with Crippen LogP contribution < -0.4 is 15.8 Å². The Labute approximate surface area is 112 Å². The zero-order valence-corrected chi connectivity index (χ0v) is 11.1. The van der Waals surface area contributed by atoms with Crippen LogP contribution in [0.2, 0.25) is 0 Å². The summed E-state index contributed by atoms with van der Waals surface area (Å²) in [6.45, 7) is 3.68. The zero-order valence-electron chi connectivity index (χ0n) is 11.1. The van der Waals surface area contributed by atoms with Gasteiger partial charge < -0.3 is 15.8 Å². The number of benzene rings is 1. The Kier molecular flexibility index (Phi) is 3.90. The highest BCUT2D eigenvalue weighted by Crippen LogP contribution is 2.32. The lowest BCUT2D eigenvalue weighted by atomic mass is 9.87. The first-order valence-electron chi connectivity index (χ1n) is 6.43. The van der Waals surface area contributed by atoms with Gasteiger partial charge in [-0.2, -0.15) is 0 Å². The van der Waals surface area contributed by atoms with Crippen LogP contribution in [0.4, 0.5) is 11.4 Å². The topological polar surface area (TPSA) is 90.4 Å². The molecule has 0 spiro atoms. The summed E-state index contributed by atoms with van der Waals surface area (Å²) in [7, 11) is 0. The summed E-state index contributed by atoms with van der Waals surface area (Å²) in [6, 6.07) is 5.47. The average Bonchev–Trinajstić information content (AvgIpc) is 2.26. The number of nitro groups is 1. The van der Waals surface area contributed by atoms with Gasteiger partial charge in [-0.3, -0.25) is 10.1 Å².